The zero-order valence-corrected chi connectivity index (χ0v) is 17.8. The topological polar surface area (TPSA) is 55.2 Å². The standard InChI is InChI=1S/C26H23N3O2/c1-16-7-6-8-18(13-16)29-24(27-22-10-5-4-9-19(22)26(29)31)15-21-20-14-17(2)11-12-23(20)28(3)25(21)30/h4-14,21H,15H2,1-3H3/t21-/m0/s1. The minimum atomic E-state index is -0.371. The molecule has 0 bridgehead atoms. The predicted octanol–water partition coefficient (Wildman–Crippen LogP) is 4.31. The molecule has 31 heavy (non-hydrogen) atoms. The number of fused-ring (bicyclic) bond motifs is 2. The van der Waals surface area contributed by atoms with Gasteiger partial charge >= 0.3 is 0 Å². The minimum Gasteiger partial charge on any atom is -0.315 e. The molecule has 0 spiro atoms. The highest BCUT2D eigenvalue weighted by Crippen LogP contribution is 2.38. The molecule has 5 nitrogen and oxygen atoms in total. The first-order valence-electron chi connectivity index (χ1n) is 10.4. The maximum atomic E-state index is 13.5. The Morgan fingerprint density at radius 3 is 2.48 bits per heavy atom. The number of carbonyl (C=O) groups is 1. The Kier molecular flexibility index (Phi) is 4.47. The van der Waals surface area contributed by atoms with Gasteiger partial charge in [-0.05, 0) is 55.3 Å². The van der Waals surface area contributed by atoms with E-state index in [1.165, 1.54) is 0 Å². The smallest absolute Gasteiger partial charge is 0.265 e. The van der Waals surface area contributed by atoms with E-state index in [1.807, 2.05) is 68.4 Å². The molecule has 5 rings (SSSR count). The highest BCUT2D eigenvalue weighted by Gasteiger charge is 2.36. The second kappa shape index (κ2) is 7.20. The van der Waals surface area contributed by atoms with Crippen molar-refractivity contribution in [1.29, 1.82) is 0 Å². The first kappa shape index (κ1) is 19.2. The molecule has 1 aliphatic rings. The van der Waals surface area contributed by atoms with E-state index in [2.05, 4.69) is 6.07 Å². The van der Waals surface area contributed by atoms with Gasteiger partial charge in [-0.25, -0.2) is 4.98 Å². The van der Waals surface area contributed by atoms with E-state index in [0.29, 0.717) is 23.1 Å². The van der Waals surface area contributed by atoms with Crippen molar-refractivity contribution in [2.24, 2.45) is 0 Å². The van der Waals surface area contributed by atoms with Crippen molar-refractivity contribution >= 4 is 22.5 Å². The first-order valence-corrected chi connectivity index (χ1v) is 10.4. The Balaban J connectivity index is 1.72. The number of carbonyl (C=O) groups excluding carboxylic acids is 1. The third kappa shape index (κ3) is 3.13. The largest absolute Gasteiger partial charge is 0.315 e. The summed E-state index contributed by atoms with van der Waals surface area (Å²) < 4.78 is 1.66. The van der Waals surface area contributed by atoms with Gasteiger partial charge in [-0.2, -0.15) is 0 Å². The van der Waals surface area contributed by atoms with Crippen LogP contribution in [0.1, 0.15) is 28.4 Å². The monoisotopic (exact) mass is 409 g/mol. The van der Waals surface area contributed by atoms with Gasteiger partial charge in [-0.15, -0.1) is 0 Å². The summed E-state index contributed by atoms with van der Waals surface area (Å²) in [7, 11) is 1.80. The molecule has 0 saturated heterocycles. The summed E-state index contributed by atoms with van der Waals surface area (Å²) in [4.78, 5) is 33.2. The van der Waals surface area contributed by atoms with Crippen LogP contribution < -0.4 is 10.5 Å². The van der Waals surface area contributed by atoms with Gasteiger partial charge in [-0.3, -0.25) is 14.2 Å². The number of hydrogen-bond acceptors (Lipinski definition) is 3. The molecule has 1 atom stereocenters. The average molecular weight is 409 g/mol. The third-order valence-corrected chi connectivity index (χ3v) is 6.04. The molecular weight excluding hydrogens is 386 g/mol. The molecule has 0 fully saturated rings. The van der Waals surface area contributed by atoms with Gasteiger partial charge in [0.25, 0.3) is 5.56 Å². The van der Waals surface area contributed by atoms with Crippen LogP contribution in [-0.2, 0) is 11.2 Å². The molecule has 0 aliphatic carbocycles. The zero-order valence-electron chi connectivity index (χ0n) is 17.8. The molecule has 0 radical (unpaired) electrons. The SMILES string of the molecule is Cc1cccc(-n2c(C[C@@H]3C(=O)N(C)c4ccc(C)cc43)nc3ccccc3c2=O)c1. The lowest BCUT2D eigenvalue weighted by Crippen LogP contribution is -2.29. The number of benzene rings is 3. The second-order valence-corrected chi connectivity index (χ2v) is 8.24. The van der Waals surface area contributed by atoms with Crippen LogP contribution in [0.2, 0.25) is 0 Å². The number of hydrogen-bond donors (Lipinski definition) is 0. The molecule has 4 aromatic rings. The van der Waals surface area contributed by atoms with Gasteiger partial charge in [0.1, 0.15) is 5.82 Å². The van der Waals surface area contributed by atoms with Crippen LogP contribution in [0.4, 0.5) is 5.69 Å². The molecule has 0 unspecified atom stereocenters. The van der Waals surface area contributed by atoms with Crippen molar-refractivity contribution in [2.45, 2.75) is 26.2 Å². The van der Waals surface area contributed by atoms with Crippen molar-refractivity contribution in [2.75, 3.05) is 11.9 Å². The summed E-state index contributed by atoms with van der Waals surface area (Å²) in [6, 6.07) is 21.3. The van der Waals surface area contributed by atoms with E-state index in [0.717, 1.165) is 28.1 Å². The lowest BCUT2D eigenvalue weighted by molar-refractivity contribution is -0.119. The Morgan fingerprint density at radius 2 is 1.68 bits per heavy atom. The molecule has 3 aromatic carbocycles. The fourth-order valence-electron chi connectivity index (χ4n) is 4.47. The number of aryl methyl sites for hydroxylation is 2. The van der Waals surface area contributed by atoms with Crippen molar-refractivity contribution in [3.8, 4) is 5.69 Å². The second-order valence-electron chi connectivity index (χ2n) is 8.24. The molecule has 1 aromatic heterocycles. The van der Waals surface area contributed by atoms with Crippen LogP contribution in [-0.4, -0.2) is 22.5 Å². The summed E-state index contributed by atoms with van der Waals surface area (Å²) in [5, 5.41) is 0.568. The number of likely N-dealkylation sites (N-methyl/N-ethyl adjacent to an activating group) is 1. The van der Waals surface area contributed by atoms with E-state index in [4.69, 9.17) is 4.98 Å². The number of rotatable bonds is 3. The highest BCUT2D eigenvalue weighted by molar-refractivity contribution is 6.04. The number of aromatic nitrogens is 2. The molecule has 1 amide bonds. The van der Waals surface area contributed by atoms with Crippen molar-refractivity contribution in [3.63, 3.8) is 0 Å². The Hall–Kier alpha value is -3.73. The summed E-state index contributed by atoms with van der Waals surface area (Å²) in [6.45, 7) is 4.02. The van der Waals surface area contributed by atoms with E-state index in [-0.39, 0.29) is 17.4 Å². The quantitative estimate of drug-likeness (QED) is 0.507. The third-order valence-electron chi connectivity index (χ3n) is 6.04. The van der Waals surface area contributed by atoms with Gasteiger partial charge < -0.3 is 4.90 Å². The Labute approximate surface area is 180 Å². The molecule has 2 heterocycles. The van der Waals surface area contributed by atoms with Crippen LogP contribution in [0.15, 0.2) is 71.5 Å². The minimum absolute atomic E-state index is 0.0267. The summed E-state index contributed by atoms with van der Waals surface area (Å²) >= 11 is 0. The highest BCUT2D eigenvalue weighted by atomic mass is 16.2. The lowest BCUT2D eigenvalue weighted by atomic mass is 9.95. The van der Waals surface area contributed by atoms with Gasteiger partial charge in [0.2, 0.25) is 5.91 Å². The van der Waals surface area contributed by atoms with Crippen molar-refractivity contribution in [1.82, 2.24) is 9.55 Å². The predicted molar refractivity (Wildman–Crippen MR) is 123 cm³/mol. The van der Waals surface area contributed by atoms with E-state index < -0.39 is 0 Å². The normalized spacial score (nSPS) is 15.5. The van der Waals surface area contributed by atoms with Crippen LogP contribution >= 0.6 is 0 Å². The van der Waals surface area contributed by atoms with Gasteiger partial charge in [0, 0.05) is 19.2 Å². The fraction of sp³-hybridized carbons (Fsp3) is 0.192. The number of para-hydroxylation sites is 1. The summed E-state index contributed by atoms with van der Waals surface area (Å²) in [5.41, 5.74) is 5.37. The number of anilines is 1. The van der Waals surface area contributed by atoms with Crippen molar-refractivity contribution < 1.29 is 4.79 Å². The van der Waals surface area contributed by atoms with E-state index >= 15 is 0 Å². The molecule has 0 N–H and O–H groups in total. The molecule has 5 heteroatoms. The van der Waals surface area contributed by atoms with Gasteiger partial charge in [-0.1, -0.05) is 42.0 Å². The molecule has 154 valence electrons. The zero-order chi connectivity index (χ0) is 21.7. The number of amides is 1. The number of nitrogens with zero attached hydrogens (tertiary/aromatic N) is 3. The van der Waals surface area contributed by atoms with E-state index in [1.54, 1.807) is 22.6 Å². The molecular formula is C26H23N3O2. The molecule has 1 aliphatic heterocycles. The van der Waals surface area contributed by atoms with Crippen LogP contribution in [0.3, 0.4) is 0 Å². The van der Waals surface area contributed by atoms with Crippen LogP contribution in [0.25, 0.3) is 16.6 Å². The van der Waals surface area contributed by atoms with Crippen molar-refractivity contribution in [3.05, 3.63) is 99.6 Å². The maximum Gasteiger partial charge on any atom is 0.265 e. The van der Waals surface area contributed by atoms with Crippen LogP contribution in [0, 0.1) is 13.8 Å². The average Bonchev–Trinajstić information content (AvgIpc) is 2.98. The summed E-state index contributed by atoms with van der Waals surface area (Å²) in [6.07, 6.45) is 0.355. The van der Waals surface area contributed by atoms with Gasteiger partial charge in [0.05, 0.1) is 22.5 Å². The fourth-order valence-corrected chi connectivity index (χ4v) is 4.47. The lowest BCUT2D eigenvalue weighted by Gasteiger charge is -2.17. The summed E-state index contributed by atoms with van der Waals surface area (Å²) in [5.74, 6) is 0.248. The van der Waals surface area contributed by atoms with Gasteiger partial charge in [0.15, 0.2) is 0 Å². The van der Waals surface area contributed by atoms with E-state index in [9.17, 15) is 9.59 Å². The Bertz CT molecular complexity index is 1400. The Morgan fingerprint density at radius 1 is 0.903 bits per heavy atom. The van der Waals surface area contributed by atoms with Crippen LogP contribution in [0.5, 0.6) is 0 Å². The first-order chi connectivity index (χ1) is 14.9. The maximum absolute atomic E-state index is 13.5. The molecule has 0 saturated carbocycles.